The molecule has 0 bridgehead atoms. The highest BCUT2D eigenvalue weighted by atomic mass is 79.9. The van der Waals surface area contributed by atoms with Crippen LogP contribution in [0.4, 0.5) is 4.39 Å². The number of rotatable bonds is 2. The van der Waals surface area contributed by atoms with E-state index in [-0.39, 0.29) is 10.6 Å². The first-order valence-corrected chi connectivity index (χ1v) is 8.01. The standard InChI is InChI=1S/C17H10BrCl2F/c18-17(10-5-7-14(19)15(20)9-10)13-6-8-16(21)12-4-2-1-3-11(12)13/h1-9,17H. The van der Waals surface area contributed by atoms with Crippen LogP contribution in [0.5, 0.6) is 0 Å². The summed E-state index contributed by atoms with van der Waals surface area (Å²) in [5.41, 5.74) is 1.96. The lowest BCUT2D eigenvalue weighted by atomic mass is 9.98. The van der Waals surface area contributed by atoms with Gasteiger partial charge in [-0.1, -0.05) is 75.5 Å². The summed E-state index contributed by atoms with van der Waals surface area (Å²) >= 11 is 15.7. The highest BCUT2D eigenvalue weighted by molar-refractivity contribution is 9.09. The van der Waals surface area contributed by atoms with Gasteiger partial charge >= 0.3 is 0 Å². The summed E-state index contributed by atoms with van der Waals surface area (Å²) in [6.45, 7) is 0. The predicted octanol–water partition coefficient (Wildman–Crippen LogP) is 6.77. The van der Waals surface area contributed by atoms with Crippen molar-refractivity contribution in [1.29, 1.82) is 0 Å². The van der Waals surface area contributed by atoms with Crippen LogP contribution >= 0.6 is 39.1 Å². The van der Waals surface area contributed by atoms with E-state index in [1.807, 2.05) is 30.3 Å². The zero-order chi connectivity index (χ0) is 15.0. The normalized spacial score (nSPS) is 12.6. The minimum atomic E-state index is -0.219. The van der Waals surface area contributed by atoms with Crippen LogP contribution in [-0.4, -0.2) is 0 Å². The maximum atomic E-state index is 13.9. The van der Waals surface area contributed by atoms with Crippen LogP contribution in [0.25, 0.3) is 10.8 Å². The Morgan fingerprint density at radius 2 is 1.57 bits per heavy atom. The fourth-order valence-corrected chi connectivity index (χ4v) is 3.35. The van der Waals surface area contributed by atoms with E-state index >= 15 is 0 Å². The molecule has 0 aliphatic carbocycles. The van der Waals surface area contributed by atoms with Crippen molar-refractivity contribution in [2.45, 2.75) is 4.83 Å². The molecule has 0 saturated carbocycles. The van der Waals surface area contributed by atoms with Crippen molar-refractivity contribution >= 4 is 49.9 Å². The SMILES string of the molecule is Fc1ccc(C(Br)c2ccc(Cl)c(Cl)c2)c2ccccc12. The largest absolute Gasteiger partial charge is 0.206 e. The summed E-state index contributed by atoms with van der Waals surface area (Å²) in [5.74, 6) is -0.219. The summed E-state index contributed by atoms with van der Waals surface area (Å²) in [7, 11) is 0. The fraction of sp³-hybridized carbons (Fsp3) is 0.0588. The minimum absolute atomic E-state index is 0.0854. The second-order valence-corrected chi connectivity index (χ2v) is 6.45. The van der Waals surface area contributed by atoms with Gasteiger partial charge in [0.15, 0.2) is 0 Å². The smallest absolute Gasteiger partial charge is 0.131 e. The summed E-state index contributed by atoms with van der Waals surface area (Å²) in [6.07, 6.45) is 0. The van der Waals surface area contributed by atoms with Gasteiger partial charge in [-0.15, -0.1) is 0 Å². The van der Waals surface area contributed by atoms with Gasteiger partial charge in [0.25, 0.3) is 0 Å². The van der Waals surface area contributed by atoms with Crippen molar-refractivity contribution in [2.75, 3.05) is 0 Å². The zero-order valence-corrected chi connectivity index (χ0v) is 13.9. The molecule has 3 aromatic carbocycles. The lowest BCUT2D eigenvalue weighted by molar-refractivity contribution is 0.639. The lowest BCUT2D eigenvalue weighted by Gasteiger charge is -2.15. The van der Waals surface area contributed by atoms with Gasteiger partial charge in [0, 0.05) is 5.39 Å². The monoisotopic (exact) mass is 382 g/mol. The first-order valence-electron chi connectivity index (χ1n) is 6.34. The molecule has 1 atom stereocenters. The summed E-state index contributed by atoms with van der Waals surface area (Å²) in [5, 5.41) is 2.51. The van der Waals surface area contributed by atoms with Gasteiger partial charge in [0.1, 0.15) is 5.82 Å². The Hall–Kier alpha value is -1.09. The minimum Gasteiger partial charge on any atom is -0.206 e. The van der Waals surface area contributed by atoms with E-state index in [2.05, 4.69) is 15.9 Å². The molecule has 4 heteroatoms. The molecule has 0 radical (unpaired) electrons. The first-order chi connectivity index (χ1) is 10.1. The van der Waals surface area contributed by atoms with E-state index in [1.54, 1.807) is 18.2 Å². The van der Waals surface area contributed by atoms with Crippen LogP contribution in [0, 0.1) is 5.82 Å². The van der Waals surface area contributed by atoms with Crippen molar-refractivity contribution in [3.05, 3.63) is 81.6 Å². The molecular weight excluding hydrogens is 374 g/mol. The van der Waals surface area contributed by atoms with E-state index in [4.69, 9.17) is 23.2 Å². The molecule has 0 nitrogen and oxygen atoms in total. The zero-order valence-electron chi connectivity index (χ0n) is 10.8. The van der Waals surface area contributed by atoms with Gasteiger partial charge in [-0.05, 0) is 34.7 Å². The molecule has 0 aliphatic heterocycles. The number of halogens is 4. The third kappa shape index (κ3) is 2.80. The molecule has 0 aliphatic rings. The average molecular weight is 384 g/mol. The third-order valence-electron chi connectivity index (χ3n) is 3.41. The Labute approximate surface area is 140 Å². The average Bonchev–Trinajstić information content (AvgIpc) is 2.50. The maximum absolute atomic E-state index is 13.9. The second kappa shape index (κ2) is 5.96. The molecule has 0 fully saturated rings. The van der Waals surface area contributed by atoms with Crippen molar-refractivity contribution in [3.8, 4) is 0 Å². The Kier molecular flexibility index (Phi) is 4.21. The fourth-order valence-electron chi connectivity index (χ4n) is 2.36. The van der Waals surface area contributed by atoms with Crippen LogP contribution in [0.15, 0.2) is 54.6 Å². The molecule has 0 N–H and O–H groups in total. The van der Waals surface area contributed by atoms with E-state index in [0.29, 0.717) is 15.4 Å². The van der Waals surface area contributed by atoms with Crippen LogP contribution in [0.3, 0.4) is 0 Å². The van der Waals surface area contributed by atoms with Crippen molar-refractivity contribution < 1.29 is 4.39 Å². The van der Waals surface area contributed by atoms with Crippen molar-refractivity contribution in [1.82, 2.24) is 0 Å². The molecule has 21 heavy (non-hydrogen) atoms. The van der Waals surface area contributed by atoms with Crippen LogP contribution < -0.4 is 0 Å². The predicted molar refractivity (Wildman–Crippen MR) is 91.1 cm³/mol. The van der Waals surface area contributed by atoms with Gasteiger partial charge in [0.2, 0.25) is 0 Å². The van der Waals surface area contributed by atoms with E-state index in [0.717, 1.165) is 16.5 Å². The first kappa shape index (κ1) is 14.8. The summed E-state index contributed by atoms with van der Waals surface area (Å²) in [4.78, 5) is -0.0854. The highest BCUT2D eigenvalue weighted by Gasteiger charge is 2.16. The molecule has 0 amide bonds. The van der Waals surface area contributed by atoms with Crippen molar-refractivity contribution in [3.63, 3.8) is 0 Å². The second-order valence-electron chi connectivity index (χ2n) is 4.72. The third-order valence-corrected chi connectivity index (χ3v) is 5.17. The summed E-state index contributed by atoms with van der Waals surface area (Å²) in [6, 6.07) is 16.2. The maximum Gasteiger partial charge on any atom is 0.131 e. The Balaban J connectivity index is 2.15. The van der Waals surface area contributed by atoms with Crippen LogP contribution in [0.1, 0.15) is 16.0 Å². The van der Waals surface area contributed by atoms with E-state index in [1.165, 1.54) is 6.07 Å². The molecule has 3 aromatic rings. The molecule has 106 valence electrons. The molecule has 0 aromatic heterocycles. The van der Waals surface area contributed by atoms with Crippen LogP contribution in [-0.2, 0) is 0 Å². The van der Waals surface area contributed by atoms with Crippen molar-refractivity contribution in [2.24, 2.45) is 0 Å². The van der Waals surface area contributed by atoms with Gasteiger partial charge in [-0.2, -0.15) is 0 Å². The van der Waals surface area contributed by atoms with Gasteiger partial charge in [-0.3, -0.25) is 0 Å². The number of hydrogen-bond donors (Lipinski definition) is 0. The topological polar surface area (TPSA) is 0 Å². The van der Waals surface area contributed by atoms with Gasteiger partial charge < -0.3 is 0 Å². The Bertz CT molecular complexity index is 817. The van der Waals surface area contributed by atoms with E-state index < -0.39 is 0 Å². The van der Waals surface area contributed by atoms with Gasteiger partial charge in [-0.25, -0.2) is 4.39 Å². The molecule has 0 heterocycles. The Morgan fingerprint density at radius 3 is 2.29 bits per heavy atom. The molecule has 0 spiro atoms. The molecular formula is C17H10BrCl2F. The number of benzene rings is 3. The molecule has 0 saturated heterocycles. The highest BCUT2D eigenvalue weighted by Crippen LogP contribution is 2.38. The lowest BCUT2D eigenvalue weighted by Crippen LogP contribution is -1.95. The molecule has 1 unspecified atom stereocenters. The van der Waals surface area contributed by atoms with E-state index in [9.17, 15) is 4.39 Å². The number of alkyl halides is 1. The van der Waals surface area contributed by atoms with Crippen LogP contribution in [0.2, 0.25) is 10.0 Å². The summed E-state index contributed by atoms with van der Waals surface area (Å²) < 4.78 is 13.9. The quantitative estimate of drug-likeness (QED) is 0.428. The number of hydrogen-bond acceptors (Lipinski definition) is 0. The number of fused-ring (bicyclic) bond motifs is 1. The molecule has 3 rings (SSSR count). The Morgan fingerprint density at radius 1 is 0.857 bits per heavy atom. The van der Waals surface area contributed by atoms with Gasteiger partial charge in [0.05, 0.1) is 14.9 Å².